The van der Waals surface area contributed by atoms with E-state index in [2.05, 4.69) is 19.9 Å². The lowest BCUT2D eigenvalue weighted by atomic mass is 10.1. The number of fused-ring (bicyclic) bond motifs is 1. The molecule has 32 heavy (non-hydrogen) atoms. The number of nitrogens with one attached hydrogen (secondary N) is 2. The van der Waals surface area contributed by atoms with Crippen LogP contribution in [0.15, 0.2) is 53.5 Å². The molecular formula is C22H19ClF3N3O3. The number of ether oxygens (including phenoxy) is 1. The van der Waals surface area contributed by atoms with E-state index in [1.54, 1.807) is 0 Å². The maximum absolute atomic E-state index is 12.7. The van der Waals surface area contributed by atoms with Gasteiger partial charge in [0, 0.05) is 36.5 Å². The summed E-state index contributed by atoms with van der Waals surface area (Å²) in [6, 6.07) is 11.2. The fraction of sp³-hybridized carbons (Fsp3) is 0.273. The van der Waals surface area contributed by atoms with Crippen LogP contribution in [0.5, 0.6) is 5.75 Å². The Balaban J connectivity index is 1.43. The second kappa shape index (κ2) is 8.74. The molecule has 0 radical (unpaired) electrons. The predicted octanol–water partition coefficient (Wildman–Crippen LogP) is 4.34. The van der Waals surface area contributed by atoms with E-state index in [1.807, 2.05) is 24.3 Å². The molecule has 2 aromatic carbocycles. The summed E-state index contributed by atoms with van der Waals surface area (Å²) in [4.78, 5) is 30.1. The minimum atomic E-state index is -4.90. The first-order valence-corrected chi connectivity index (χ1v) is 10.3. The summed E-state index contributed by atoms with van der Waals surface area (Å²) >= 11 is 5.92. The lowest BCUT2D eigenvalue weighted by Gasteiger charge is -2.19. The predicted molar refractivity (Wildman–Crippen MR) is 115 cm³/mol. The molecule has 1 unspecified atom stereocenters. The van der Waals surface area contributed by atoms with Gasteiger partial charge in [0.25, 0.3) is 5.91 Å². The van der Waals surface area contributed by atoms with Crippen LogP contribution >= 0.6 is 11.6 Å². The number of rotatable bonds is 5. The molecule has 6 nitrogen and oxygen atoms in total. The third kappa shape index (κ3) is 4.83. The number of H-pyrrole nitrogens is 1. The highest BCUT2D eigenvalue weighted by Crippen LogP contribution is 2.28. The van der Waals surface area contributed by atoms with Gasteiger partial charge in [-0.3, -0.25) is 9.59 Å². The number of halogens is 4. The van der Waals surface area contributed by atoms with Gasteiger partial charge < -0.3 is 19.9 Å². The number of hydrogen-bond acceptors (Lipinski definition) is 4. The number of benzene rings is 2. The minimum Gasteiger partial charge on any atom is -0.404 e. The number of carbonyl (C=O) groups excluding carboxylic acids is 1. The SMILES string of the molecule is O=C(NCC1CCN(c2ccc(Cl)cc2)C1)c1c[nH]c2c(OC(F)(F)F)cccc2c1=O. The van der Waals surface area contributed by atoms with Crippen LogP contribution in [0.4, 0.5) is 18.9 Å². The molecule has 1 fully saturated rings. The zero-order valence-corrected chi connectivity index (χ0v) is 17.5. The number of aromatic amines is 1. The standard InChI is InChI=1S/C22H19ClF3N3O3/c23-14-4-6-15(7-5-14)29-9-8-13(12-29)10-28-21(31)17-11-27-19-16(20(17)30)2-1-3-18(19)32-22(24,25)26/h1-7,11,13H,8-10,12H2,(H,27,30)(H,28,31). The zero-order chi connectivity index (χ0) is 22.9. The Morgan fingerprint density at radius 3 is 2.69 bits per heavy atom. The van der Waals surface area contributed by atoms with Gasteiger partial charge in [-0.15, -0.1) is 13.2 Å². The topological polar surface area (TPSA) is 74.4 Å². The van der Waals surface area contributed by atoms with Crippen molar-refractivity contribution in [2.45, 2.75) is 12.8 Å². The number of alkyl halides is 3. The summed E-state index contributed by atoms with van der Waals surface area (Å²) in [6.07, 6.45) is -2.92. The maximum Gasteiger partial charge on any atom is 0.573 e. The monoisotopic (exact) mass is 465 g/mol. The molecule has 1 amide bonds. The maximum atomic E-state index is 12.7. The molecule has 2 heterocycles. The lowest BCUT2D eigenvalue weighted by Crippen LogP contribution is -2.33. The van der Waals surface area contributed by atoms with E-state index in [0.717, 1.165) is 37.5 Å². The highest BCUT2D eigenvalue weighted by Gasteiger charge is 2.32. The molecule has 3 aromatic rings. The number of pyridine rings is 1. The highest BCUT2D eigenvalue weighted by atomic mass is 35.5. The number of amides is 1. The van der Waals surface area contributed by atoms with Gasteiger partial charge in [-0.1, -0.05) is 17.7 Å². The zero-order valence-electron chi connectivity index (χ0n) is 16.7. The van der Waals surface area contributed by atoms with Crippen molar-refractivity contribution in [1.82, 2.24) is 10.3 Å². The van der Waals surface area contributed by atoms with Gasteiger partial charge in [0.2, 0.25) is 5.43 Å². The van der Waals surface area contributed by atoms with Crippen molar-refractivity contribution in [1.29, 1.82) is 0 Å². The van der Waals surface area contributed by atoms with E-state index >= 15 is 0 Å². The average molecular weight is 466 g/mol. The van der Waals surface area contributed by atoms with Crippen molar-refractivity contribution in [2.24, 2.45) is 5.92 Å². The summed E-state index contributed by atoms with van der Waals surface area (Å²) in [6.45, 7) is 1.95. The second-order valence-corrected chi connectivity index (χ2v) is 7.98. The van der Waals surface area contributed by atoms with Crippen molar-refractivity contribution in [3.63, 3.8) is 0 Å². The molecule has 2 N–H and O–H groups in total. The van der Waals surface area contributed by atoms with Crippen molar-refractivity contribution >= 4 is 34.1 Å². The summed E-state index contributed by atoms with van der Waals surface area (Å²) in [7, 11) is 0. The van der Waals surface area contributed by atoms with E-state index in [-0.39, 0.29) is 22.4 Å². The van der Waals surface area contributed by atoms with Gasteiger partial charge >= 0.3 is 6.36 Å². The summed E-state index contributed by atoms with van der Waals surface area (Å²) in [5.74, 6) is -0.923. The van der Waals surface area contributed by atoms with Crippen molar-refractivity contribution < 1.29 is 22.7 Å². The first-order chi connectivity index (χ1) is 15.2. The smallest absolute Gasteiger partial charge is 0.404 e. The van der Waals surface area contributed by atoms with Crippen LogP contribution in [-0.2, 0) is 0 Å². The Labute approximate surface area is 185 Å². The van der Waals surface area contributed by atoms with Gasteiger partial charge in [0.15, 0.2) is 5.75 Å². The molecule has 1 aromatic heterocycles. The second-order valence-electron chi connectivity index (χ2n) is 7.55. The lowest BCUT2D eigenvalue weighted by molar-refractivity contribution is -0.274. The number of nitrogens with zero attached hydrogens (tertiary/aromatic N) is 1. The number of hydrogen-bond donors (Lipinski definition) is 2. The highest BCUT2D eigenvalue weighted by molar-refractivity contribution is 6.30. The molecule has 1 aliphatic rings. The van der Waals surface area contributed by atoms with E-state index in [0.29, 0.717) is 11.6 Å². The molecule has 0 saturated carbocycles. The third-order valence-corrected chi connectivity index (χ3v) is 5.63. The van der Waals surface area contributed by atoms with Crippen LogP contribution in [0.1, 0.15) is 16.8 Å². The van der Waals surface area contributed by atoms with E-state index in [9.17, 15) is 22.8 Å². The average Bonchev–Trinajstić information content (AvgIpc) is 3.21. The Hall–Kier alpha value is -3.20. The Morgan fingerprint density at radius 2 is 1.97 bits per heavy atom. The summed E-state index contributed by atoms with van der Waals surface area (Å²) in [5, 5.41) is 3.36. The molecule has 1 atom stereocenters. The number of para-hydroxylation sites is 1. The van der Waals surface area contributed by atoms with Gasteiger partial charge in [-0.2, -0.15) is 0 Å². The summed E-state index contributed by atoms with van der Waals surface area (Å²) < 4.78 is 41.7. The van der Waals surface area contributed by atoms with Crippen molar-refractivity contribution in [3.8, 4) is 5.75 Å². The van der Waals surface area contributed by atoms with Crippen LogP contribution in [0.25, 0.3) is 10.9 Å². The fourth-order valence-corrected chi connectivity index (χ4v) is 3.95. The molecule has 0 bridgehead atoms. The largest absolute Gasteiger partial charge is 0.573 e. The van der Waals surface area contributed by atoms with E-state index < -0.39 is 23.4 Å². The van der Waals surface area contributed by atoms with Crippen molar-refractivity contribution in [3.05, 3.63) is 69.5 Å². The van der Waals surface area contributed by atoms with E-state index in [1.165, 1.54) is 12.1 Å². The molecule has 168 valence electrons. The van der Waals surface area contributed by atoms with E-state index in [4.69, 9.17) is 11.6 Å². The normalized spacial score (nSPS) is 16.4. The number of carbonyl (C=O) groups is 1. The van der Waals surface area contributed by atoms with Crippen molar-refractivity contribution in [2.75, 3.05) is 24.5 Å². The number of anilines is 1. The molecule has 1 saturated heterocycles. The van der Waals surface area contributed by atoms with Gasteiger partial charge in [0.1, 0.15) is 5.56 Å². The molecular weight excluding hydrogens is 447 g/mol. The third-order valence-electron chi connectivity index (χ3n) is 5.38. The molecule has 0 spiro atoms. The molecule has 4 rings (SSSR count). The van der Waals surface area contributed by atoms with Crippen LogP contribution in [0.2, 0.25) is 5.02 Å². The molecule has 0 aliphatic carbocycles. The fourth-order valence-electron chi connectivity index (χ4n) is 3.82. The molecule has 1 aliphatic heterocycles. The van der Waals surface area contributed by atoms with Crippen LogP contribution in [0, 0.1) is 5.92 Å². The summed E-state index contributed by atoms with van der Waals surface area (Å²) in [5.41, 5.74) is 0.0826. The first kappa shape index (κ1) is 22.0. The van der Waals surface area contributed by atoms with Crippen LogP contribution in [-0.4, -0.2) is 36.9 Å². The van der Waals surface area contributed by atoms with Gasteiger partial charge in [-0.05, 0) is 48.7 Å². The van der Waals surface area contributed by atoms with Gasteiger partial charge in [0.05, 0.1) is 10.9 Å². The Morgan fingerprint density at radius 1 is 1.22 bits per heavy atom. The van der Waals surface area contributed by atoms with Crippen LogP contribution < -0.4 is 20.4 Å². The number of aromatic nitrogens is 1. The van der Waals surface area contributed by atoms with Gasteiger partial charge in [-0.25, -0.2) is 0 Å². The van der Waals surface area contributed by atoms with Crippen LogP contribution in [0.3, 0.4) is 0 Å². The Kier molecular flexibility index (Phi) is 6.01. The first-order valence-electron chi connectivity index (χ1n) is 9.90. The minimum absolute atomic E-state index is 0.0609. The quantitative estimate of drug-likeness (QED) is 0.588. The Bertz CT molecular complexity index is 1190. The molecule has 10 heteroatoms.